The number of rotatable bonds is 4. The molecule has 0 radical (unpaired) electrons. The van der Waals surface area contributed by atoms with Crippen molar-refractivity contribution in [3.05, 3.63) is 34.4 Å². The molecule has 1 amide bonds. The molecule has 0 saturated carbocycles. The van der Waals surface area contributed by atoms with E-state index in [9.17, 15) is 14.9 Å². The lowest BCUT2D eigenvalue weighted by molar-refractivity contribution is -0.384. The molecule has 102 valence electrons. The smallest absolute Gasteiger partial charge is 0.271 e. The van der Waals surface area contributed by atoms with Gasteiger partial charge in [0, 0.05) is 30.9 Å². The van der Waals surface area contributed by atoms with Crippen molar-refractivity contribution in [2.24, 2.45) is 0 Å². The molecule has 1 aromatic rings. The van der Waals surface area contributed by atoms with Crippen molar-refractivity contribution >= 4 is 17.3 Å². The van der Waals surface area contributed by atoms with Crippen molar-refractivity contribution < 1.29 is 9.72 Å². The molecule has 1 aliphatic rings. The van der Waals surface area contributed by atoms with Gasteiger partial charge in [0.25, 0.3) is 5.69 Å². The molecule has 6 nitrogen and oxygen atoms in total. The highest BCUT2D eigenvalue weighted by Crippen LogP contribution is 2.18. The molecule has 19 heavy (non-hydrogen) atoms. The van der Waals surface area contributed by atoms with E-state index in [4.69, 9.17) is 0 Å². The number of nitrogens with zero attached hydrogens (tertiary/aromatic N) is 2. The zero-order valence-corrected chi connectivity index (χ0v) is 10.8. The first-order valence-corrected chi connectivity index (χ1v) is 6.38. The van der Waals surface area contributed by atoms with E-state index in [-0.39, 0.29) is 17.6 Å². The summed E-state index contributed by atoms with van der Waals surface area (Å²) >= 11 is 0. The maximum Gasteiger partial charge on any atom is 0.271 e. The molecule has 1 aliphatic heterocycles. The fourth-order valence-electron chi connectivity index (χ4n) is 2.23. The third-order valence-corrected chi connectivity index (χ3v) is 3.23. The Hall–Kier alpha value is -2.11. The van der Waals surface area contributed by atoms with Gasteiger partial charge in [0.1, 0.15) is 6.04 Å². The number of carbonyl (C=O) groups excluding carboxylic acids is 1. The van der Waals surface area contributed by atoms with Gasteiger partial charge in [-0.1, -0.05) is 6.07 Å². The first kappa shape index (κ1) is 13.3. The highest BCUT2D eigenvalue weighted by molar-refractivity contribution is 5.84. The second-order valence-corrected chi connectivity index (χ2v) is 4.71. The van der Waals surface area contributed by atoms with Crippen LogP contribution in [0.15, 0.2) is 24.3 Å². The highest BCUT2D eigenvalue weighted by Gasteiger charge is 2.23. The van der Waals surface area contributed by atoms with E-state index in [1.165, 1.54) is 12.1 Å². The van der Waals surface area contributed by atoms with Gasteiger partial charge in [0.05, 0.1) is 4.92 Å². The van der Waals surface area contributed by atoms with Crippen LogP contribution < -0.4 is 5.32 Å². The first-order chi connectivity index (χ1) is 9.08. The number of non-ortho nitro benzene ring substituents is 1. The fourth-order valence-corrected chi connectivity index (χ4v) is 2.23. The van der Waals surface area contributed by atoms with Crippen LogP contribution in [-0.4, -0.2) is 34.9 Å². The maximum atomic E-state index is 12.1. The molecule has 2 rings (SSSR count). The summed E-state index contributed by atoms with van der Waals surface area (Å²) in [5.74, 6) is 0.0454. The van der Waals surface area contributed by atoms with E-state index < -0.39 is 4.92 Å². The molecule has 0 spiro atoms. The molecular formula is C13H17N3O3. The summed E-state index contributed by atoms with van der Waals surface area (Å²) < 4.78 is 0. The van der Waals surface area contributed by atoms with Crippen molar-refractivity contribution in [2.75, 3.05) is 18.4 Å². The van der Waals surface area contributed by atoms with Crippen molar-refractivity contribution in [3.8, 4) is 0 Å². The molecule has 1 heterocycles. The molecule has 0 aliphatic carbocycles. The van der Waals surface area contributed by atoms with Crippen LogP contribution in [0.1, 0.15) is 19.8 Å². The van der Waals surface area contributed by atoms with Crippen LogP contribution in [0.3, 0.4) is 0 Å². The molecule has 1 unspecified atom stereocenters. The fraction of sp³-hybridized carbons (Fsp3) is 0.462. The molecule has 1 aromatic carbocycles. The van der Waals surface area contributed by atoms with Gasteiger partial charge in [0.2, 0.25) is 5.91 Å². The van der Waals surface area contributed by atoms with Crippen molar-refractivity contribution in [3.63, 3.8) is 0 Å². The molecule has 0 aromatic heterocycles. The van der Waals surface area contributed by atoms with E-state index in [2.05, 4.69) is 5.32 Å². The number of benzene rings is 1. The Labute approximate surface area is 111 Å². The summed E-state index contributed by atoms with van der Waals surface area (Å²) in [7, 11) is 0. The zero-order chi connectivity index (χ0) is 13.8. The van der Waals surface area contributed by atoms with Crippen molar-refractivity contribution in [2.45, 2.75) is 25.8 Å². The monoisotopic (exact) mass is 263 g/mol. The van der Waals surface area contributed by atoms with Crippen LogP contribution >= 0.6 is 0 Å². The normalized spacial score (nSPS) is 16.2. The van der Waals surface area contributed by atoms with Gasteiger partial charge < -0.3 is 10.2 Å². The van der Waals surface area contributed by atoms with E-state index in [0.29, 0.717) is 5.69 Å². The summed E-state index contributed by atoms with van der Waals surface area (Å²) in [5, 5.41) is 13.7. The summed E-state index contributed by atoms with van der Waals surface area (Å²) in [5.41, 5.74) is 0.611. The largest absolute Gasteiger partial charge is 0.374 e. The van der Waals surface area contributed by atoms with Crippen LogP contribution in [0.2, 0.25) is 0 Å². The highest BCUT2D eigenvalue weighted by atomic mass is 16.6. The van der Waals surface area contributed by atoms with Gasteiger partial charge >= 0.3 is 0 Å². The summed E-state index contributed by atoms with van der Waals surface area (Å²) in [6, 6.07) is 5.82. The summed E-state index contributed by atoms with van der Waals surface area (Å²) in [6.07, 6.45) is 2.10. The Morgan fingerprint density at radius 1 is 1.42 bits per heavy atom. The van der Waals surface area contributed by atoms with Crippen LogP contribution in [-0.2, 0) is 4.79 Å². The van der Waals surface area contributed by atoms with E-state index in [1.54, 1.807) is 19.1 Å². The molecule has 1 atom stereocenters. The molecule has 0 bridgehead atoms. The number of nitro benzene ring substituents is 1. The predicted molar refractivity (Wildman–Crippen MR) is 72.0 cm³/mol. The van der Waals surface area contributed by atoms with Gasteiger partial charge in [-0.3, -0.25) is 14.9 Å². The quantitative estimate of drug-likeness (QED) is 0.666. The number of anilines is 1. The van der Waals surface area contributed by atoms with Crippen molar-refractivity contribution in [1.29, 1.82) is 0 Å². The summed E-state index contributed by atoms with van der Waals surface area (Å²) in [4.78, 5) is 24.2. The number of carbonyl (C=O) groups is 1. The number of amides is 1. The number of likely N-dealkylation sites (tertiary alicyclic amines) is 1. The summed E-state index contributed by atoms with van der Waals surface area (Å²) in [6.45, 7) is 3.39. The minimum atomic E-state index is -0.446. The lowest BCUT2D eigenvalue weighted by Crippen LogP contribution is -2.39. The van der Waals surface area contributed by atoms with Gasteiger partial charge in [0.15, 0.2) is 0 Å². The Morgan fingerprint density at radius 2 is 2.11 bits per heavy atom. The topological polar surface area (TPSA) is 75.5 Å². The number of hydrogen-bond donors (Lipinski definition) is 1. The van der Waals surface area contributed by atoms with Gasteiger partial charge in [-0.05, 0) is 25.8 Å². The second-order valence-electron chi connectivity index (χ2n) is 4.71. The van der Waals surface area contributed by atoms with Crippen molar-refractivity contribution in [1.82, 2.24) is 4.90 Å². The van der Waals surface area contributed by atoms with E-state index in [1.807, 2.05) is 4.90 Å². The Kier molecular flexibility index (Phi) is 3.99. The zero-order valence-electron chi connectivity index (χ0n) is 10.8. The minimum Gasteiger partial charge on any atom is -0.374 e. The number of nitrogens with one attached hydrogen (secondary N) is 1. The average molecular weight is 263 g/mol. The maximum absolute atomic E-state index is 12.1. The first-order valence-electron chi connectivity index (χ1n) is 6.38. The molecule has 1 N–H and O–H groups in total. The SMILES string of the molecule is CC(Nc1cccc([N+](=O)[O-])c1)C(=O)N1CCCC1. The predicted octanol–water partition coefficient (Wildman–Crippen LogP) is 2.02. The number of nitro groups is 1. The minimum absolute atomic E-state index is 0.0193. The number of hydrogen-bond acceptors (Lipinski definition) is 4. The van der Waals surface area contributed by atoms with Crippen LogP contribution in [0.5, 0.6) is 0 Å². The Morgan fingerprint density at radius 3 is 2.74 bits per heavy atom. The molecule has 6 heteroatoms. The molecule has 1 fully saturated rings. The van der Waals surface area contributed by atoms with Gasteiger partial charge in [-0.2, -0.15) is 0 Å². The average Bonchev–Trinajstić information content (AvgIpc) is 2.92. The van der Waals surface area contributed by atoms with Crippen LogP contribution in [0, 0.1) is 10.1 Å². The lowest BCUT2D eigenvalue weighted by atomic mass is 10.2. The Balaban J connectivity index is 2.01. The van der Waals surface area contributed by atoms with Gasteiger partial charge in [-0.25, -0.2) is 0 Å². The Bertz CT molecular complexity index is 484. The van der Waals surface area contributed by atoms with Crippen LogP contribution in [0.4, 0.5) is 11.4 Å². The van der Waals surface area contributed by atoms with Crippen LogP contribution in [0.25, 0.3) is 0 Å². The third kappa shape index (κ3) is 3.21. The van der Waals surface area contributed by atoms with Gasteiger partial charge in [-0.15, -0.1) is 0 Å². The standard InChI is InChI=1S/C13H17N3O3/c1-10(13(17)15-7-2-3-8-15)14-11-5-4-6-12(9-11)16(18)19/h4-6,9-10,14H,2-3,7-8H2,1H3. The lowest BCUT2D eigenvalue weighted by Gasteiger charge is -2.21. The molecular weight excluding hydrogens is 246 g/mol. The van der Waals surface area contributed by atoms with E-state index in [0.717, 1.165) is 25.9 Å². The molecule has 1 saturated heterocycles. The third-order valence-electron chi connectivity index (χ3n) is 3.23. The second kappa shape index (κ2) is 5.69. The van der Waals surface area contributed by atoms with E-state index >= 15 is 0 Å².